The number of guanidine groups is 1. The van der Waals surface area contributed by atoms with E-state index in [1.54, 1.807) is 12.1 Å². The van der Waals surface area contributed by atoms with Crippen LogP contribution in [0.5, 0.6) is 0 Å². The summed E-state index contributed by atoms with van der Waals surface area (Å²) in [7, 11) is 1.29. The lowest BCUT2D eigenvalue weighted by atomic mass is 10.1. The molecule has 2 aromatic carbocycles. The van der Waals surface area contributed by atoms with E-state index in [0.29, 0.717) is 15.9 Å². The van der Waals surface area contributed by atoms with Gasteiger partial charge in [-0.1, -0.05) is 23.7 Å². The van der Waals surface area contributed by atoms with Crippen molar-refractivity contribution in [2.45, 2.75) is 25.2 Å². The van der Waals surface area contributed by atoms with Crippen molar-refractivity contribution in [3.63, 3.8) is 0 Å². The van der Waals surface area contributed by atoms with Gasteiger partial charge in [0.1, 0.15) is 5.82 Å². The van der Waals surface area contributed by atoms with Crippen LogP contribution in [0.1, 0.15) is 11.1 Å². The van der Waals surface area contributed by atoms with Gasteiger partial charge in [0.2, 0.25) is 6.54 Å². The van der Waals surface area contributed by atoms with E-state index in [4.69, 9.17) is 23.1 Å². The molecule has 2 aromatic rings. The molecule has 0 aromatic heterocycles. The molecule has 1 aliphatic heterocycles. The van der Waals surface area contributed by atoms with Crippen molar-refractivity contribution in [1.82, 2.24) is 0 Å². The van der Waals surface area contributed by atoms with Gasteiger partial charge in [0.25, 0.3) is 0 Å². The number of primary amides is 1. The lowest BCUT2D eigenvalue weighted by Crippen LogP contribution is -2.42. The van der Waals surface area contributed by atoms with Crippen LogP contribution in [-0.4, -0.2) is 61.0 Å². The first-order valence-corrected chi connectivity index (χ1v) is 11.7. The molecule has 17 heteroatoms. The van der Waals surface area contributed by atoms with Gasteiger partial charge >= 0.3 is 24.1 Å². The third-order valence-corrected chi connectivity index (χ3v) is 5.75. The van der Waals surface area contributed by atoms with E-state index < -0.39 is 42.5 Å². The highest BCUT2D eigenvalue weighted by Crippen LogP contribution is 2.35. The molecule has 0 unspecified atom stereocenters. The number of rotatable bonds is 7. The summed E-state index contributed by atoms with van der Waals surface area (Å²) in [5.41, 5.74) is 11.9. The molecule has 214 valence electrons. The summed E-state index contributed by atoms with van der Waals surface area (Å²) in [5, 5.41) is 4.30. The topological polar surface area (TPSA) is 172 Å². The third kappa shape index (κ3) is 7.78. The Labute approximate surface area is 228 Å². The molecular formula is C23H23ClF4N7O5+. The summed E-state index contributed by atoms with van der Waals surface area (Å²) >= 11 is 5.80. The molecule has 3 rings (SSSR count). The monoisotopic (exact) mass is 588 g/mol. The Morgan fingerprint density at radius 1 is 1.18 bits per heavy atom. The highest BCUT2D eigenvalue weighted by Gasteiger charge is 2.38. The van der Waals surface area contributed by atoms with E-state index in [1.807, 2.05) is 0 Å². The molecule has 40 heavy (non-hydrogen) atoms. The van der Waals surface area contributed by atoms with Crippen LogP contribution < -0.4 is 27.0 Å². The molecule has 1 atom stereocenters. The van der Waals surface area contributed by atoms with Crippen LogP contribution in [0.2, 0.25) is 5.02 Å². The zero-order valence-electron chi connectivity index (χ0n) is 20.7. The minimum Gasteiger partial charge on any atom is -0.439 e. The average Bonchev–Trinajstić information content (AvgIpc) is 3.21. The number of nitrogens with two attached hydrogens (primary N) is 2. The number of ether oxygens (including phenoxy) is 1. The number of nitroso groups, excluding NO2 is 1. The van der Waals surface area contributed by atoms with Crippen LogP contribution in [0.4, 0.5) is 39.4 Å². The molecule has 0 spiro atoms. The summed E-state index contributed by atoms with van der Waals surface area (Å²) in [6.07, 6.45) is -5.87. The van der Waals surface area contributed by atoms with Crippen molar-refractivity contribution in [3.8, 4) is 0 Å². The van der Waals surface area contributed by atoms with E-state index in [1.165, 1.54) is 13.1 Å². The van der Waals surface area contributed by atoms with Crippen molar-refractivity contribution >= 4 is 52.5 Å². The van der Waals surface area contributed by atoms with Gasteiger partial charge in [-0.05, 0) is 28.9 Å². The fraction of sp³-hybridized carbons (Fsp3) is 0.304. The van der Waals surface area contributed by atoms with E-state index in [2.05, 4.69) is 20.4 Å². The van der Waals surface area contributed by atoms with Gasteiger partial charge in [0, 0.05) is 16.5 Å². The SMILES string of the molecule is C[N+](=O)Cc1ccc2c(c1)N(C(=O)OCC(F)(F)F)[C@H](CN=C(N)Nc1cc(Cl)c(F)cc1NC(=O)C(N)=O)C2. The highest BCUT2D eigenvalue weighted by molar-refractivity contribution is 6.39. The number of aliphatic imine (C=N–C) groups is 1. The number of nitrogens with zero attached hydrogens (tertiary/aromatic N) is 3. The Bertz CT molecular complexity index is 1390. The number of carbonyl (C=O) groups excluding carboxylic acids is 3. The van der Waals surface area contributed by atoms with Crippen molar-refractivity contribution < 1.29 is 41.4 Å². The summed E-state index contributed by atoms with van der Waals surface area (Å²) in [5.74, 6) is -3.84. The van der Waals surface area contributed by atoms with Crippen LogP contribution in [0, 0.1) is 10.7 Å². The Balaban J connectivity index is 1.85. The molecule has 0 radical (unpaired) electrons. The average molecular weight is 589 g/mol. The first-order chi connectivity index (χ1) is 18.6. The molecule has 0 bridgehead atoms. The summed E-state index contributed by atoms with van der Waals surface area (Å²) in [4.78, 5) is 52.1. The Kier molecular flexibility index (Phi) is 9.13. The Hall–Kier alpha value is -4.47. The standard InChI is InChI=1S/C23H22ClF4N7O5/c1-34(39)9-11-2-3-12-5-13(35(18(12)4-11)22(38)40-10-23(26,27)28)8-31-21(30)33-16-6-14(24)15(25)7-17(16)32-20(37)19(29)36/h2-4,6-7,13H,5,8-10H2,1H3,(H5-,29,30,31,32,33,36,37)/p+1/t13-/m0/s1. The number of amides is 3. The number of carbonyl (C=O) groups is 3. The zero-order chi connectivity index (χ0) is 29.8. The fourth-order valence-electron chi connectivity index (χ4n) is 3.83. The van der Waals surface area contributed by atoms with Gasteiger partial charge in [0.05, 0.1) is 34.7 Å². The summed E-state index contributed by atoms with van der Waals surface area (Å²) in [6.45, 7) is -2.08. The molecule has 0 saturated heterocycles. The minimum absolute atomic E-state index is 0.0345. The second-order valence-electron chi connectivity index (χ2n) is 8.63. The molecular weight excluding hydrogens is 566 g/mol. The molecule has 0 saturated carbocycles. The number of anilines is 3. The molecule has 0 fully saturated rings. The number of benzene rings is 2. The van der Waals surface area contributed by atoms with Gasteiger partial charge < -0.3 is 26.8 Å². The van der Waals surface area contributed by atoms with E-state index in [-0.39, 0.29) is 47.6 Å². The predicted molar refractivity (Wildman–Crippen MR) is 136 cm³/mol. The Morgan fingerprint density at radius 2 is 1.85 bits per heavy atom. The first-order valence-electron chi connectivity index (χ1n) is 11.3. The lowest BCUT2D eigenvalue weighted by Gasteiger charge is -2.24. The fourth-order valence-corrected chi connectivity index (χ4v) is 3.99. The normalized spacial score (nSPS) is 14.9. The number of fused-ring (bicyclic) bond motifs is 1. The van der Waals surface area contributed by atoms with Crippen LogP contribution in [0.3, 0.4) is 0 Å². The second-order valence-corrected chi connectivity index (χ2v) is 9.04. The summed E-state index contributed by atoms with van der Waals surface area (Å²) in [6, 6.07) is 5.81. The maximum Gasteiger partial charge on any atom is 0.422 e. The van der Waals surface area contributed by atoms with E-state index in [9.17, 15) is 36.9 Å². The predicted octanol–water partition coefficient (Wildman–Crippen LogP) is 2.67. The molecule has 12 nitrogen and oxygen atoms in total. The number of hydrogen-bond donors (Lipinski definition) is 4. The number of halogens is 5. The molecule has 6 N–H and O–H groups in total. The van der Waals surface area contributed by atoms with Gasteiger partial charge in [-0.2, -0.15) is 13.2 Å². The molecule has 0 aliphatic carbocycles. The molecule has 1 heterocycles. The van der Waals surface area contributed by atoms with Crippen molar-refractivity contribution in [3.05, 3.63) is 57.2 Å². The maximum absolute atomic E-state index is 14.0. The van der Waals surface area contributed by atoms with Crippen LogP contribution in [0.15, 0.2) is 35.3 Å². The van der Waals surface area contributed by atoms with E-state index in [0.717, 1.165) is 17.0 Å². The van der Waals surface area contributed by atoms with Gasteiger partial charge in [-0.15, -0.1) is 0 Å². The summed E-state index contributed by atoms with van der Waals surface area (Å²) < 4.78 is 57.2. The minimum atomic E-state index is -4.76. The Morgan fingerprint density at radius 3 is 2.48 bits per heavy atom. The smallest absolute Gasteiger partial charge is 0.422 e. The maximum atomic E-state index is 14.0. The number of nitrogens with one attached hydrogen (secondary N) is 2. The number of alkyl halides is 3. The lowest BCUT2D eigenvalue weighted by molar-refractivity contribution is -0.535. The molecule has 1 aliphatic rings. The zero-order valence-corrected chi connectivity index (χ0v) is 21.5. The van der Waals surface area contributed by atoms with Gasteiger partial charge in [0.15, 0.2) is 19.6 Å². The largest absolute Gasteiger partial charge is 0.439 e. The van der Waals surface area contributed by atoms with Crippen LogP contribution in [-0.2, 0) is 27.3 Å². The van der Waals surface area contributed by atoms with Gasteiger partial charge in [-0.25, -0.2) is 9.18 Å². The van der Waals surface area contributed by atoms with E-state index >= 15 is 0 Å². The van der Waals surface area contributed by atoms with Crippen LogP contribution >= 0.6 is 11.6 Å². The van der Waals surface area contributed by atoms with Crippen molar-refractivity contribution in [2.24, 2.45) is 16.5 Å². The van der Waals surface area contributed by atoms with Crippen molar-refractivity contribution in [2.75, 3.05) is 35.7 Å². The molecule has 3 amide bonds. The third-order valence-electron chi connectivity index (χ3n) is 5.46. The van der Waals surface area contributed by atoms with Crippen molar-refractivity contribution in [1.29, 1.82) is 0 Å². The number of hydrogen-bond acceptors (Lipinski definition) is 6. The highest BCUT2D eigenvalue weighted by atomic mass is 35.5. The first kappa shape index (κ1) is 30.1. The quantitative estimate of drug-likeness (QED) is 0.126. The van der Waals surface area contributed by atoms with Gasteiger partial charge in [-0.3, -0.25) is 19.5 Å². The second kappa shape index (κ2) is 12.1. The van der Waals surface area contributed by atoms with Crippen LogP contribution in [0.25, 0.3) is 0 Å².